The van der Waals surface area contributed by atoms with E-state index in [1.807, 2.05) is 13.1 Å². The van der Waals surface area contributed by atoms with Gasteiger partial charge in [-0.2, -0.15) is 0 Å². The van der Waals surface area contributed by atoms with E-state index >= 15 is 0 Å². The molecule has 0 saturated carbocycles. The Bertz CT molecular complexity index is 389. The van der Waals surface area contributed by atoms with E-state index in [4.69, 9.17) is 0 Å². The van der Waals surface area contributed by atoms with E-state index in [2.05, 4.69) is 26.1 Å². The molecule has 2 nitrogen and oxygen atoms in total. The lowest BCUT2D eigenvalue weighted by atomic mass is 9.96. The first kappa shape index (κ1) is 14.0. The lowest BCUT2D eigenvalue weighted by Crippen LogP contribution is -2.36. The number of rotatable bonds is 4. The molecule has 1 aliphatic heterocycles. The molecule has 0 spiro atoms. The lowest BCUT2D eigenvalue weighted by molar-refractivity contribution is 0.176. The molecular formula is C14H20BrFN2. The van der Waals surface area contributed by atoms with Gasteiger partial charge in [-0.05, 0) is 63.1 Å². The Morgan fingerprint density at radius 3 is 2.72 bits per heavy atom. The van der Waals surface area contributed by atoms with Crippen LogP contribution in [0.2, 0.25) is 0 Å². The van der Waals surface area contributed by atoms with E-state index in [9.17, 15) is 4.39 Å². The van der Waals surface area contributed by atoms with Crippen molar-refractivity contribution in [2.75, 3.05) is 26.7 Å². The fraction of sp³-hybridized carbons (Fsp3) is 0.571. The van der Waals surface area contributed by atoms with E-state index in [-0.39, 0.29) is 5.82 Å². The molecule has 0 aliphatic carbocycles. The summed E-state index contributed by atoms with van der Waals surface area (Å²) >= 11 is 3.43. The van der Waals surface area contributed by atoms with E-state index in [1.54, 1.807) is 6.07 Å². The number of hydrogen-bond donors (Lipinski definition) is 1. The molecule has 0 amide bonds. The number of benzene rings is 1. The third kappa shape index (κ3) is 3.77. The highest BCUT2D eigenvalue weighted by molar-refractivity contribution is 9.10. The second-order valence-corrected chi connectivity index (χ2v) is 5.87. The monoisotopic (exact) mass is 314 g/mol. The van der Waals surface area contributed by atoms with Gasteiger partial charge in [0.05, 0.1) is 0 Å². The molecule has 100 valence electrons. The van der Waals surface area contributed by atoms with Crippen LogP contribution < -0.4 is 5.32 Å². The van der Waals surface area contributed by atoms with Crippen molar-refractivity contribution in [3.8, 4) is 0 Å². The van der Waals surface area contributed by atoms with Gasteiger partial charge in [0.2, 0.25) is 0 Å². The molecule has 0 unspecified atom stereocenters. The molecule has 1 N–H and O–H groups in total. The van der Waals surface area contributed by atoms with Crippen molar-refractivity contribution in [2.45, 2.75) is 19.4 Å². The average molecular weight is 315 g/mol. The topological polar surface area (TPSA) is 15.3 Å². The van der Waals surface area contributed by atoms with E-state index in [1.165, 1.54) is 24.5 Å². The van der Waals surface area contributed by atoms with Crippen LogP contribution >= 0.6 is 15.9 Å². The first-order valence-corrected chi connectivity index (χ1v) is 7.29. The zero-order valence-electron chi connectivity index (χ0n) is 10.8. The molecule has 1 saturated heterocycles. The van der Waals surface area contributed by atoms with Crippen LogP contribution in [0.3, 0.4) is 0 Å². The predicted octanol–water partition coefficient (Wildman–Crippen LogP) is 3.02. The molecule has 0 bridgehead atoms. The quantitative estimate of drug-likeness (QED) is 0.919. The highest BCUT2D eigenvalue weighted by atomic mass is 79.9. The number of nitrogens with one attached hydrogen (secondary N) is 1. The number of halogens is 2. The zero-order chi connectivity index (χ0) is 13.0. The van der Waals surface area contributed by atoms with Gasteiger partial charge in [-0.3, -0.25) is 4.90 Å². The van der Waals surface area contributed by atoms with Crippen LogP contribution in [0, 0.1) is 11.7 Å². The van der Waals surface area contributed by atoms with Crippen LogP contribution in [-0.4, -0.2) is 31.6 Å². The second-order valence-electron chi connectivity index (χ2n) is 5.01. The van der Waals surface area contributed by atoms with Crippen LogP contribution in [0.15, 0.2) is 22.7 Å². The van der Waals surface area contributed by atoms with Crippen molar-refractivity contribution in [1.82, 2.24) is 10.2 Å². The summed E-state index contributed by atoms with van der Waals surface area (Å²) in [6, 6.07) is 4.95. The van der Waals surface area contributed by atoms with Crippen LogP contribution in [0.5, 0.6) is 0 Å². The first-order chi connectivity index (χ1) is 8.69. The molecule has 1 aliphatic rings. The third-order valence-electron chi connectivity index (χ3n) is 3.61. The summed E-state index contributed by atoms with van der Waals surface area (Å²) in [4.78, 5) is 2.45. The van der Waals surface area contributed by atoms with Gasteiger partial charge in [0.1, 0.15) is 5.82 Å². The van der Waals surface area contributed by atoms with Crippen LogP contribution in [0.1, 0.15) is 18.4 Å². The minimum Gasteiger partial charge on any atom is -0.319 e. The fourth-order valence-corrected chi connectivity index (χ4v) is 3.00. The number of hydrogen-bond acceptors (Lipinski definition) is 2. The molecule has 1 fully saturated rings. The molecule has 2 rings (SSSR count). The van der Waals surface area contributed by atoms with E-state index < -0.39 is 0 Å². The minimum absolute atomic E-state index is 0.182. The Kier molecular flexibility index (Phi) is 5.15. The highest BCUT2D eigenvalue weighted by Gasteiger charge is 2.19. The molecule has 1 aromatic carbocycles. The average Bonchev–Trinajstić information content (AvgIpc) is 2.35. The summed E-state index contributed by atoms with van der Waals surface area (Å²) in [7, 11) is 2.02. The predicted molar refractivity (Wildman–Crippen MR) is 76.0 cm³/mol. The smallest absolute Gasteiger partial charge is 0.124 e. The summed E-state index contributed by atoms with van der Waals surface area (Å²) in [5, 5.41) is 3.25. The van der Waals surface area contributed by atoms with Crippen molar-refractivity contribution in [2.24, 2.45) is 5.92 Å². The van der Waals surface area contributed by atoms with Gasteiger partial charge in [0.15, 0.2) is 0 Å². The van der Waals surface area contributed by atoms with Crippen molar-refractivity contribution in [3.05, 3.63) is 34.1 Å². The van der Waals surface area contributed by atoms with Crippen LogP contribution in [-0.2, 0) is 6.54 Å². The maximum Gasteiger partial charge on any atom is 0.124 e. The van der Waals surface area contributed by atoms with Gasteiger partial charge in [0, 0.05) is 11.0 Å². The van der Waals surface area contributed by atoms with Gasteiger partial charge in [-0.1, -0.05) is 22.0 Å². The van der Waals surface area contributed by atoms with Gasteiger partial charge in [0.25, 0.3) is 0 Å². The van der Waals surface area contributed by atoms with Gasteiger partial charge >= 0.3 is 0 Å². The maximum absolute atomic E-state index is 13.0. The normalized spacial score (nSPS) is 18.2. The first-order valence-electron chi connectivity index (χ1n) is 6.50. The molecule has 1 aromatic rings. The fourth-order valence-electron chi connectivity index (χ4n) is 2.53. The Morgan fingerprint density at radius 1 is 1.39 bits per heavy atom. The molecule has 0 aromatic heterocycles. The molecule has 0 radical (unpaired) electrons. The number of nitrogens with zero attached hydrogens (tertiary/aromatic N) is 1. The van der Waals surface area contributed by atoms with Crippen molar-refractivity contribution in [3.63, 3.8) is 0 Å². The van der Waals surface area contributed by atoms with Gasteiger partial charge < -0.3 is 5.32 Å². The summed E-state index contributed by atoms with van der Waals surface area (Å²) in [5.41, 5.74) is 1.17. The third-order valence-corrected chi connectivity index (χ3v) is 4.35. The van der Waals surface area contributed by atoms with Crippen molar-refractivity contribution in [1.29, 1.82) is 0 Å². The van der Waals surface area contributed by atoms with Crippen molar-refractivity contribution < 1.29 is 4.39 Å². The minimum atomic E-state index is -0.182. The molecule has 18 heavy (non-hydrogen) atoms. The molecule has 0 atom stereocenters. The maximum atomic E-state index is 13.0. The highest BCUT2D eigenvalue weighted by Crippen LogP contribution is 2.23. The molecule has 4 heteroatoms. The standard InChI is InChI=1S/C14H20BrFN2/c1-17-9-11-4-6-18(7-5-11)10-12-2-3-13(16)8-14(12)15/h2-3,8,11,17H,4-7,9-10H2,1H3. The largest absolute Gasteiger partial charge is 0.319 e. The van der Waals surface area contributed by atoms with Gasteiger partial charge in [-0.15, -0.1) is 0 Å². The summed E-state index contributed by atoms with van der Waals surface area (Å²) in [6.07, 6.45) is 2.50. The Morgan fingerprint density at radius 2 is 2.11 bits per heavy atom. The Balaban J connectivity index is 1.87. The molecule has 1 heterocycles. The summed E-state index contributed by atoms with van der Waals surface area (Å²) < 4.78 is 13.9. The van der Waals surface area contributed by atoms with E-state index in [0.29, 0.717) is 0 Å². The van der Waals surface area contributed by atoms with Crippen LogP contribution in [0.4, 0.5) is 4.39 Å². The van der Waals surface area contributed by atoms with E-state index in [0.717, 1.165) is 36.6 Å². The molecular weight excluding hydrogens is 295 g/mol. The lowest BCUT2D eigenvalue weighted by Gasteiger charge is -2.32. The summed E-state index contributed by atoms with van der Waals surface area (Å²) in [5.74, 6) is 0.626. The van der Waals surface area contributed by atoms with Crippen molar-refractivity contribution >= 4 is 15.9 Å². The SMILES string of the molecule is CNCC1CCN(Cc2ccc(F)cc2Br)CC1. The Hall–Kier alpha value is -0.450. The zero-order valence-corrected chi connectivity index (χ0v) is 12.3. The second kappa shape index (κ2) is 6.64. The van der Waals surface area contributed by atoms with Crippen LogP contribution in [0.25, 0.3) is 0 Å². The van der Waals surface area contributed by atoms with Gasteiger partial charge in [-0.25, -0.2) is 4.39 Å². The number of likely N-dealkylation sites (tertiary alicyclic amines) is 1. The Labute approximate surface area is 117 Å². The summed E-state index contributed by atoms with van der Waals surface area (Å²) in [6.45, 7) is 4.30. The number of piperidine rings is 1.